The van der Waals surface area contributed by atoms with Crippen LogP contribution in [0, 0.1) is 0 Å². The van der Waals surface area contributed by atoms with Crippen molar-refractivity contribution in [2.24, 2.45) is 7.05 Å². The minimum atomic E-state index is -1.02. The first-order valence-corrected chi connectivity index (χ1v) is 5.74. The molecule has 1 amide bonds. The van der Waals surface area contributed by atoms with Crippen molar-refractivity contribution in [3.05, 3.63) is 35.5 Å². The van der Waals surface area contributed by atoms with Crippen LogP contribution in [-0.4, -0.2) is 26.8 Å². The number of carbonyl (C=O) groups is 2. The van der Waals surface area contributed by atoms with Gasteiger partial charge in [-0.3, -0.25) is 9.48 Å². The molecule has 0 bridgehead atoms. The number of hydrogen-bond donors (Lipinski definition) is 2. The summed E-state index contributed by atoms with van der Waals surface area (Å²) >= 11 is 0. The molecule has 6 nitrogen and oxygen atoms in total. The van der Waals surface area contributed by atoms with E-state index in [0.717, 1.165) is 11.3 Å². The molecule has 2 N–H and O–H groups in total. The molecule has 0 aliphatic carbocycles. The minimum absolute atomic E-state index is 0.0494. The molecule has 96 valence electrons. The first-order valence-electron chi connectivity index (χ1n) is 5.74. The third-order valence-corrected chi connectivity index (χ3v) is 3.06. The highest BCUT2D eigenvalue weighted by Gasteiger charge is 2.21. The van der Waals surface area contributed by atoms with Crippen LogP contribution < -0.4 is 5.32 Å². The van der Waals surface area contributed by atoms with E-state index >= 15 is 0 Å². The molecular formula is C13H11N3O3. The van der Waals surface area contributed by atoms with E-state index in [9.17, 15) is 9.59 Å². The van der Waals surface area contributed by atoms with Crippen LogP contribution in [0.1, 0.15) is 15.9 Å². The molecule has 0 fully saturated rings. The molecule has 0 saturated carbocycles. The van der Waals surface area contributed by atoms with Gasteiger partial charge in [0.2, 0.25) is 5.91 Å². The van der Waals surface area contributed by atoms with E-state index in [1.807, 2.05) is 6.07 Å². The first-order chi connectivity index (χ1) is 9.04. The standard InChI is InChI=1S/C13H11N3O3/c1-16-6-9(13(18)19)12(15-16)7-2-3-10-8(4-7)5-11(17)14-10/h2-4,6H,5H2,1H3,(H,14,17)(H,18,19). The van der Waals surface area contributed by atoms with Crippen molar-refractivity contribution in [1.29, 1.82) is 0 Å². The number of rotatable bonds is 2. The number of aromatic nitrogens is 2. The fraction of sp³-hybridized carbons (Fsp3) is 0.154. The monoisotopic (exact) mass is 257 g/mol. The number of aromatic carboxylic acids is 1. The summed E-state index contributed by atoms with van der Waals surface area (Å²) in [7, 11) is 1.67. The zero-order valence-electron chi connectivity index (χ0n) is 10.2. The number of nitrogens with zero attached hydrogens (tertiary/aromatic N) is 2. The molecule has 1 aromatic heterocycles. The minimum Gasteiger partial charge on any atom is -0.478 e. The summed E-state index contributed by atoms with van der Waals surface area (Å²) in [5.41, 5.74) is 2.91. The first kappa shape index (κ1) is 11.5. The molecule has 1 aromatic carbocycles. The van der Waals surface area contributed by atoms with Gasteiger partial charge in [-0.25, -0.2) is 4.79 Å². The van der Waals surface area contributed by atoms with Crippen molar-refractivity contribution in [3.8, 4) is 11.3 Å². The Labute approximate surface area is 108 Å². The van der Waals surface area contributed by atoms with Crippen molar-refractivity contribution in [3.63, 3.8) is 0 Å². The summed E-state index contributed by atoms with van der Waals surface area (Å²) < 4.78 is 1.47. The van der Waals surface area contributed by atoms with Crippen LogP contribution >= 0.6 is 0 Å². The molecule has 2 heterocycles. The van der Waals surface area contributed by atoms with Gasteiger partial charge < -0.3 is 10.4 Å². The van der Waals surface area contributed by atoms with E-state index in [1.165, 1.54) is 10.9 Å². The number of aryl methyl sites for hydroxylation is 1. The van der Waals surface area contributed by atoms with Crippen molar-refractivity contribution < 1.29 is 14.7 Å². The highest BCUT2D eigenvalue weighted by molar-refractivity contribution is 6.00. The van der Waals surface area contributed by atoms with E-state index in [4.69, 9.17) is 5.11 Å². The lowest BCUT2D eigenvalue weighted by Gasteiger charge is -2.02. The summed E-state index contributed by atoms with van der Waals surface area (Å²) in [6.07, 6.45) is 1.78. The average Bonchev–Trinajstić information content (AvgIpc) is 2.89. The van der Waals surface area contributed by atoms with E-state index in [-0.39, 0.29) is 11.5 Å². The number of carboxylic acid groups (broad SMARTS) is 1. The second-order valence-electron chi connectivity index (χ2n) is 4.47. The molecule has 19 heavy (non-hydrogen) atoms. The largest absolute Gasteiger partial charge is 0.478 e. The van der Waals surface area contributed by atoms with Gasteiger partial charge in [0, 0.05) is 24.5 Å². The predicted molar refractivity (Wildman–Crippen MR) is 67.9 cm³/mol. The van der Waals surface area contributed by atoms with Crippen LogP contribution in [0.2, 0.25) is 0 Å². The Morgan fingerprint density at radius 3 is 3.00 bits per heavy atom. The smallest absolute Gasteiger partial charge is 0.339 e. The maximum absolute atomic E-state index is 11.3. The van der Waals surface area contributed by atoms with Crippen LogP contribution in [-0.2, 0) is 18.3 Å². The SMILES string of the molecule is Cn1cc(C(=O)O)c(-c2ccc3c(c2)CC(=O)N3)n1. The quantitative estimate of drug-likeness (QED) is 0.848. The van der Waals surface area contributed by atoms with Crippen molar-refractivity contribution >= 4 is 17.6 Å². The molecule has 1 aliphatic rings. The molecule has 0 atom stereocenters. The lowest BCUT2D eigenvalue weighted by Crippen LogP contribution is -2.03. The number of hydrogen-bond acceptors (Lipinski definition) is 3. The summed E-state index contributed by atoms with van der Waals surface area (Å²) in [5.74, 6) is -1.07. The fourth-order valence-corrected chi connectivity index (χ4v) is 2.23. The number of amides is 1. The van der Waals surface area contributed by atoms with Gasteiger partial charge in [-0.1, -0.05) is 6.07 Å². The predicted octanol–water partition coefficient (Wildman–Crippen LogP) is 1.28. The van der Waals surface area contributed by atoms with Gasteiger partial charge in [-0.2, -0.15) is 5.10 Å². The van der Waals surface area contributed by atoms with Gasteiger partial charge >= 0.3 is 5.97 Å². The van der Waals surface area contributed by atoms with Gasteiger partial charge in [0.25, 0.3) is 0 Å². The Hall–Kier alpha value is -2.63. The second-order valence-corrected chi connectivity index (χ2v) is 4.47. The normalized spacial score (nSPS) is 13.2. The van der Waals surface area contributed by atoms with E-state index in [1.54, 1.807) is 19.2 Å². The molecular weight excluding hydrogens is 246 g/mol. The van der Waals surface area contributed by atoms with E-state index in [2.05, 4.69) is 10.4 Å². The van der Waals surface area contributed by atoms with Crippen molar-refractivity contribution in [1.82, 2.24) is 9.78 Å². The Morgan fingerprint density at radius 1 is 1.47 bits per heavy atom. The van der Waals surface area contributed by atoms with Gasteiger partial charge in [0.05, 0.1) is 6.42 Å². The number of anilines is 1. The fourth-order valence-electron chi connectivity index (χ4n) is 2.23. The summed E-state index contributed by atoms with van der Waals surface area (Å²) in [6.45, 7) is 0. The van der Waals surface area contributed by atoms with Gasteiger partial charge in [0.15, 0.2) is 0 Å². The van der Waals surface area contributed by atoms with Gasteiger partial charge in [-0.05, 0) is 17.7 Å². The molecule has 3 rings (SSSR count). The molecule has 2 aromatic rings. The number of fused-ring (bicyclic) bond motifs is 1. The number of carboxylic acids is 1. The highest BCUT2D eigenvalue weighted by Crippen LogP contribution is 2.29. The Kier molecular flexibility index (Phi) is 2.38. The topological polar surface area (TPSA) is 84.2 Å². The summed E-state index contributed by atoms with van der Waals surface area (Å²) in [6, 6.07) is 5.34. The van der Waals surface area contributed by atoms with Crippen LogP contribution in [0.25, 0.3) is 11.3 Å². The number of benzene rings is 1. The van der Waals surface area contributed by atoms with Crippen LogP contribution in [0.15, 0.2) is 24.4 Å². The van der Waals surface area contributed by atoms with Crippen LogP contribution in [0.5, 0.6) is 0 Å². The maximum Gasteiger partial charge on any atom is 0.339 e. The molecule has 6 heteroatoms. The van der Waals surface area contributed by atoms with Crippen molar-refractivity contribution in [2.75, 3.05) is 5.32 Å². The van der Waals surface area contributed by atoms with E-state index in [0.29, 0.717) is 17.7 Å². The molecule has 0 saturated heterocycles. The highest BCUT2D eigenvalue weighted by atomic mass is 16.4. The van der Waals surface area contributed by atoms with Crippen LogP contribution in [0.4, 0.5) is 5.69 Å². The summed E-state index contributed by atoms with van der Waals surface area (Å²) in [4.78, 5) is 22.5. The maximum atomic E-state index is 11.3. The average molecular weight is 257 g/mol. The van der Waals surface area contributed by atoms with Crippen LogP contribution in [0.3, 0.4) is 0 Å². The summed E-state index contributed by atoms with van der Waals surface area (Å²) in [5, 5.41) is 16.1. The third kappa shape index (κ3) is 1.87. The lowest BCUT2D eigenvalue weighted by atomic mass is 10.0. The lowest BCUT2D eigenvalue weighted by molar-refractivity contribution is -0.115. The van der Waals surface area contributed by atoms with Gasteiger partial charge in [0.1, 0.15) is 11.3 Å². The molecule has 0 spiro atoms. The molecule has 0 unspecified atom stereocenters. The Morgan fingerprint density at radius 2 is 2.26 bits per heavy atom. The zero-order chi connectivity index (χ0) is 13.6. The Balaban J connectivity index is 2.11. The molecule has 1 aliphatic heterocycles. The Bertz CT molecular complexity index is 703. The number of carbonyl (C=O) groups excluding carboxylic acids is 1. The second kappa shape index (κ2) is 3.94. The van der Waals surface area contributed by atoms with Gasteiger partial charge in [-0.15, -0.1) is 0 Å². The zero-order valence-corrected chi connectivity index (χ0v) is 10.2. The third-order valence-electron chi connectivity index (χ3n) is 3.06. The van der Waals surface area contributed by atoms with Crippen molar-refractivity contribution in [2.45, 2.75) is 6.42 Å². The molecule has 0 radical (unpaired) electrons. The van der Waals surface area contributed by atoms with E-state index < -0.39 is 5.97 Å². The number of nitrogens with one attached hydrogen (secondary N) is 1.